The molecule has 0 aliphatic carbocycles. The van der Waals surface area contributed by atoms with E-state index in [4.69, 9.17) is 0 Å². The second-order valence-corrected chi connectivity index (χ2v) is 6.41. The molecule has 2 rings (SSSR count). The van der Waals surface area contributed by atoms with Crippen LogP contribution >= 0.6 is 0 Å². The summed E-state index contributed by atoms with van der Waals surface area (Å²) in [6.45, 7) is 3.99. The topological polar surface area (TPSA) is 49.4 Å². The third kappa shape index (κ3) is 6.05. The molecular formula is C19H28N2O2. The molecule has 4 nitrogen and oxygen atoms in total. The van der Waals surface area contributed by atoms with Crippen LogP contribution in [0.25, 0.3) is 0 Å². The van der Waals surface area contributed by atoms with Crippen molar-refractivity contribution in [1.29, 1.82) is 0 Å². The van der Waals surface area contributed by atoms with Crippen molar-refractivity contribution >= 4 is 11.8 Å². The predicted octanol–water partition coefficient (Wildman–Crippen LogP) is 2.77. The summed E-state index contributed by atoms with van der Waals surface area (Å²) in [7, 11) is 0. The van der Waals surface area contributed by atoms with Gasteiger partial charge < -0.3 is 10.2 Å². The molecule has 1 saturated heterocycles. The highest BCUT2D eigenvalue weighted by atomic mass is 16.2. The molecule has 4 heteroatoms. The highest BCUT2D eigenvalue weighted by Crippen LogP contribution is 2.21. The molecule has 23 heavy (non-hydrogen) atoms. The molecule has 1 N–H and O–H groups in total. The average Bonchev–Trinajstić information content (AvgIpc) is 2.80. The second kappa shape index (κ2) is 9.33. The van der Waals surface area contributed by atoms with Crippen molar-refractivity contribution in [3.63, 3.8) is 0 Å². The van der Waals surface area contributed by atoms with Crippen LogP contribution in [0.15, 0.2) is 30.3 Å². The van der Waals surface area contributed by atoms with E-state index in [1.54, 1.807) is 0 Å². The Bertz CT molecular complexity index is 501. The number of hydrogen-bond acceptors (Lipinski definition) is 2. The number of nitrogens with zero attached hydrogens (tertiary/aromatic N) is 1. The number of carbonyl (C=O) groups excluding carboxylic acids is 2. The number of rotatable bonds is 6. The number of hydrogen-bond donors (Lipinski definition) is 1. The molecule has 0 unspecified atom stereocenters. The van der Waals surface area contributed by atoms with Crippen molar-refractivity contribution in [2.45, 2.75) is 45.4 Å². The van der Waals surface area contributed by atoms with Crippen LogP contribution in [0, 0.1) is 5.92 Å². The smallest absolute Gasteiger partial charge is 0.241 e. The zero-order chi connectivity index (χ0) is 16.5. The maximum absolute atomic E-state index is 12.3. The van der Waals surface area contributed by atoms with Crippen LogP contribution in [0.2, 0.25) is 0 Å². The minimum Gasteiger partial charge on any atom is -0.347 e. The highest BCUT2D eigenvalue weighted by molar-refractivity contribution is 5.85. The summed E-state index contributed by atoms with van der Waals surface area (Å²) in [5.74, 6) is 0.706. The summed E-state index contributed by atoms with van der Waals surface area (Å²) in [5, 5.41) is 2.75. The SMILES string of the molecule is CCC[C@@H]1CCCN(C(=O)CNC(=O)Cc2ccccc2)CC1. The van der Waals surface area contributed by atoms with E-state index in [1.165, 1.54) is 19.3 Å². The molecule has 1 aliphatic heterocycles. The summed E-state index contributed by atoms with van der Waals surface area (Å²) in [4.78, 5) is 26.1. The Morgan fingerprint density at radius 2 is 1.96 bits per heavy atom. The molecule has 1 aromatic rings. The number of nitrogens with one attached hydrogen (secondary N) is 1. The van der Waals surface area contributed by atoms with Crippen LogP contribution < -0.4 is 5.32 Å². The van der Waals surface area contributed by atoms with Crippen molar-refractivity contribution in [2.75, 3.05) is 19.6 Å². The summed E-state index contributed by atoms with van der Waals surface area (Å²) >= 11 is 0. The molecule has 1 fully saturated rings. The standard InChI is InChI=1S/C19H28N2O2/c1-2-7-16-10-6-12-21(13-11-16)19(23)15-20-18(22)14-17-8-4-3-5-9-17/h3-5,8-9,16H,2,6-7,10-15H2,1H3,(H,20,22)/t16-/m1/s1. The number of likely N-dealkylation sites (tertiary alicyclic amines) is 1. The molecule has 1 aliphatic rings. The highest BCUT2D eigenvalue weighted by Gasteiger charge is 2.20. The lowest BCUT2D eigenvalue weighted by Gasteiger charge is -2.21. The summed E-state index contributed by atoms with van der Waals surface area (Å²) in [5.41, 5.74) is 0.967. The maximum Gasteiger partial charge on any atom is 0.241 e. The lowest BCUT2D eigenvalue weighted by atomic mass is 9.96. The Morgan fingerprint density at radius 1 is 1.17 bits per heavy atom. The van der Waals surface area contributed by atoms with Gasteiger partial charge in [0.15, 0.2) is 0 Å². The molecule has 1 heterocycles. The van der Waals surface area contributed by atoms with Gasteiger partial charge in [0.2, 0.25) is 11.8 Å². The normalized spacial score (nSPS) is 18.3. The molecule has 0 spiro atoms. The van der Waals surface area contributed by atoms with Crippen molar-refractivity contribution in [2.24, 2.45) is 5.92 Å². The van der Waals surface area contributed by atoms with Crippen molar-refractivity contribution < 1.29 is 9.59 Å². The van der Waals surface area contributed by atoms with E-state index in [1.807, 2.05) is 35.2 Å². The number of benzene rings is 1. The minimum absolute atomic E-state index is 0.0450. The van der Waals surface area contributed by atoms with E-state index in [0.29, 0.717) is 6.42 Å². The van der Waals surface area contributed by atoms with Crippen molar-refractivity contribution in [1.82, 2.24) is 10.2 Å². The first-order chi connectivity index (χ1) is 11.2. The van der Waals surface area contributed by atoms with Crippen LogP contribution in [0.3, 0.4) is 0 Å². The Labute approximate surface area is 139 Å². The van der Waals surface area contributed by atoms with Crippen LogP contribution in [0.1, 0.15) is 44.6 Å². The van der Waals surface area contributed by atoms with Crippen LogP contribution in [-0.2, 0) is 16.0 Å². The molecule has 0 radical (unpaired) electrons. The van der Waals surface area contributed by atoms with Gasteiger partial charge in [-0.25, -0.2) is 0 Å². The molecule has 0 bridgehead atoms. The molecule has 0 saturated carbocycles. The van der Waals surface area contributed by atoms with Gasteiger partial charge >= 0.3 is 0 Å². The third-order valence-electron chi connectivity index (χ3n) is 4.54. The average molecular weight is 316 g/mol. The molecule has 1 aromatic carbocycles. The zero-order valence-corrected chi connectivity index (χ0v) is 14.1. The lowest BCUT2D eigenvalue weighted by molar-refractivity contribution is -0.132. The zero-order valence-electron chi connectivity index (χ0n) is 14.1. The quantitative estimate of drug-likeness (QED) is 0.877. The largest absolute Gasteiger partial charge is 0.347 e. The van der Waals surface area contributed by atoms with Gasteiger partial charge in [-0.1, -0.05) is 50.1 Å². The monoisotopic (exact) mass is 316 g/mol. The minimum atomic E-state index is -0.0942. The number of amides is 2. The first-order valence-electron chi connectivity index (χ1n) is 8.77. The van der Waals surface area contributed by atoms with Gasteiger partial charge in [0.1, 0.15) is 0 Å². The first kappa shape index (κ1) is 17.5. The van der Waals surface area contributed by atoms with Crippen LogP contribution in [0.5, 0.6) is 0 Å². The Kier molecular flexibility index (Phi) is 7.11. The van der Waals surface area contributed by atoms with Crippen molar-refractivity contribution in [3.8, 4) is 0 Å². The fourth-order valence-corrected chi connectivity index (χ4v) is 3.24. The van der Waals surface area contributed by atoms with Crippen LogP contribution in [0.4, 0.5) is 0 Å². The van der Waals surface area contributed by atoms with E-state index in [2.05, 4.69) is 12.2 Å². The second-order valence-electron chi connectivity index (χ2n) is 6.41. The molecule has 2 amide bonds. The fraction of sp³-hybridized carbons (Fsp3) is 0.579. The Balaban J connectivity index is 1.72. The van der Waals surface area contributed by atoms with E-state index in [-0.39, 0.29) is 18.4 Å². The summed E-state index contributed by atoms with van der Waals surface area (Å²) < 4.78 is 0. The summed E-state index contributed by atoms with van der Waals surface area (Å²) in [6.07, 6.45) is 6.20. The van der Waals surface area contributed by atoms with Gasteiger partial charge in [-0.05, 0) is 30.7 Å². The van der Waals surface area contributed by atoms with E-state index in [9.17, 15) is 9.59 Å². The van der Waals surface area contributed by atoms with Crippen molar-refractivity contribution in [3.05, 3.63) is 35.9 Å². The van der Waals surface area contributed by atoms with Gasteiger partial charge in [-0.3, -0.25) is 9.59 Å². The predicted molar refractivity (Wildman–Crippen MR) is 92.0 cm³/mol. The van der Waals surface area contributed by atoms with Gasteiger partial charge in [0.05, 0.1) is 13.0 Å². The fourth-order valence-electron chi connectivity index (χ4n) is 3.24. The van der Waals surface area contributed by atoms with E-state index < -0.39 is 0 Å². The van der Waals surface area contributed by atoms with Gasteiger partial charge in [-0.15, -0.1) is 0 Å². The van der Waals surface area contributed by atoms with Gasteiger partial charge in [0, 0.05) is 13.1 Å². The number of carbonyl (C=O) groups is 2. The molecule has 126 valence electrons. The molecule has 1 atom stereocenters. The van der Waals surface area contributed by atoms with Crippen LogP contribution in [-0.4, -0.2) is 36.3 Å². The molecule has 0 aromatic heterocycles. The van der Waals surface area contributed by atoms with Gasteiger partial charge in [0.25, 0.3) is 0 Å². The van der Waals surface area contributed by atoms with Gasteiger partial charge in [-0.2, -0.15) is 0 Å². The summed E-state index contributed by atoms with van der Waals surface area (Å²) in [6, 6.07) is 9.60. The van der Waals surface area contributed by atoms with E-state index in [0.717, 1.165) is 37.4 Å². The lowest BCUT2D eigenvalue weighted by Crippen LogP contribution is -2.41. The van der Waals surface area contributed by atoms with E-state index >= 15 is 0 Å². The third-order valence-corrected chi connectivity index (χ3v) is 4.54. The molecular weight excluding hydrogens is 288 g/mol. The maximum atomic E-state index is 12.3. The Morgan fingerprint density at radius 3 is 2.70 bits per heavy atom. The first-order valence-corrected chi connectivity index (χ1v) is 8.77. The Hall–Kier alpha value is -1.84.